The van der Waals surface area contributed by atoms with E-state index in [9.17, 15) is 14.4 Å². The fourth-order valence-corrected chi connectivity index (χ4v) is 3.29. The Kier molecular flexibility index (Phi) is 5.77. The first kappa shape index (κ1) is 19.6. The maximum absolute atomic E-state index is 12.9. The van der Waals surface area contributed by atoms with E-state index in [0.29, 0.717) is 24.3 Å². The molecule has 2 heterocycles. The van der Waals surface area contributed by atoms with Gasteiger partial charge >= 0.3 is 0 Å². The number of carbonyl (C=O) groups excluding carboxylic acids is 3. The highest BCUT2D eigenvalue weighted by atomic mass is 16.2. The van der Waals surface area contributed by atoms with Crippen LogP contribution in [0, 0.1) is 0 Å². The largest absolute Gasteiger partial charge is 0.347 e. The van der Waals surface area contributed by atoms with Gasteiger partial charge in [0.15, 0.2) is 11.5 Å². The molecule has 8 heteroatoms. The fourth-order valence-electron chi connectivity index (χ4n) is 3.29. The summed E-state index contributed by atoms with van der Waals surface area (Å²) in [6.45, 7) is 5.86. The lowest BCUT2D eigenvalue weighted by Gasteiger charge is -2.17. The molecule has 3 rings (SSSR count). The van der Waals surface area contributed by atoms with E-state index in [1.165, 1.54) is 6.92 Å². The summed E-state index contributed by atoms with van der Waals surface area (Å²) in [6.07, 6.45) is 2.61. The second-order valence-electron chi connectivity index (χ2n) is 7.18. The third kappa shape index (κ3) is 4.39. The number of aromatic nitrogens is 2. The lowest BCUT2D eigenvalue weighted by molar-refractivity contribution is -0.114. The van der Waals surface area contributed by atoms with E-state index in [0.717, 1.165) is 18.5 Å². The third-order valence-electron chi connectivity index (χ3n) is 4.40. The quantitative estimate of drug-likeness (QED) is 0.738. The Morgan fingerprint density at radius 1 is 1.07 bits per heavy atom. The number of nitrogens with one attached hydrogen (secondary N) is 3. The van der Waals surface area contributed by atoms with Crippen LogP contribution in [0.2, 0.25) is 0 Å². The van der Waals surface area contributed by atoms with Crippen LogP contribution in [0.5, 0.6) is 0 Å². The van der Waals surface area contributed by atoms with Crippen molar-refractivity contribution in [1.29, 1.82) is 0 Å². The van der Waals surface area contributed by atoms with Crippen LogP contribution in [0.3, 0.4) is 0 Å². The van der Waals surface area contributed by atoms with Gasteiger partial charge in [0, 0.05) is 30.9 Å². The maximum atomic E-state index is 12.9. The Bertz CT molecular complexity index is 917. The Hall–Kier alpha value is -3.16. The lowest BCUT2D eigenvalue weighted by atomic mass is 10.1. The summed E-state index contributed by atoms with van der Waals surface area (Å²) in [5, 5.41) is 8.34. The van der Waals surface area contributed by atoms with Crippen LogP contribution in [-0.4, -0.2) is 33.3 Å². The van der Waals surface area contributed by atoms with Crippen molar-refractivity contribution in [1.82, 2.24) is 14.9 Å². The minimum atomic E-state index is -0.366. The molecule has 8 nitrogen and oxygen atoms in total. The first-order chi connectivity index (χ1) is 13.3. The van der Waals surface area contributed by atoms with Crippen molar-refractivity contribution in [2.75, 3.05) is 10.6 Å². The number of benzene rings is 1. The van der Waals surface area contributed by atoms with Gasteiger partial charge in [-0.1, -0.05) is 6.07 Å². The molecule has 1 aliphatic heterocycles. The predicted octanol–water partition coefficient (Wildman–Crippen LogP) is 2.57. The zero-order valence-corrected chi connectivity index (χ0v) is 16.3. The number of hydrogen-bond acceptors (Lipinski definition) is 4. The van der Waals surface area contributed by atoms with Crippen LogP contribution in [0.15, 0.2) is 24.3 Å². The monoisotopic (exact) mass is 383 g/mol. The average molecular weight is 383 g/mol. The van der Waals surface area contributed by atoms with Crippen LogP contribution >= 0.6 is 0 Å². The molecule has 0 radical (unpaired) electrons. The second-order valence-corrected chi connectivity index (χ2v) is 7.18. The highest BCUT2D eigenvalue weighted by molar-refractivity contribution is 6.05. The van der Waals surface area contributed by atoms with Crippen molar-refractivity contribution >= 4 is 29.1 Å². The summed E-state index contributed by atoms with van der Waals surface area (Å²) >= 11 is 0. The van der Waals surface area contributed by atoms with Crippen LogP contribution in [0.25, 0.3) is 0 Å². The van der Waals surface area contributed by atoms with Crippen LogP contribution < -0.4 is 16.0 Å². The topological polar surface area (TPSA) is 105 Å². The van der Waals surface area contributed by atoms with Crippen LogP contribution in [0.4, 0.5) is 11.4 Å². The molecule has 0 saturated carbocycles. The van der Waals surface area contributed by atoms with Crippen molar-refractivity contribution in [2.45, 2.75) is 52.6 Å². The second kappa shape index (κ2) is 8.24. The predicted molar refractivity (Wildman–Crippen MR) is 106 cm³/mol. The molecule has 1 aromatic heterocycles. The number of imidazole rings is 1. The molecule has 3 N–H and O–H groups in total. The summed E-state index contributed by atoms with van der Waals surface area (Å²) < 4.78 is 1.85. The molecule has 0 unspecified atom stereocenters. The number of amides is 3. The number of carbonyl (C=O) groups is 3. The molecule has 3 amide bonds. The SMILES string of the molecule is CC(=O)Nc1cccc(NC(=O)c2nc(C(=O)NC(C)C)n3c2CCCC3)c1. The number of anilines is 2. The Morgan fingerprint density at radius 2 is 1.79 bits per heavy atom. The van der Waals surface area contributed by atoms with E-state index >= 15 is 0 Å². The number of nitrogens with zero attached hydrogens (tertiary/aromatic N) is 2. The normalized spacial score (nSPS) is 13.0. The van der Waals surface area contributed by atoms with Crippen molar-refractivity contribution in [3.63, 3.8) is 0 Å². The number of hydrogen-bond donors (Lipinski definition) is 3. The van der Waals surface area contributed by atoms with Gasteiger partial charge in [0.05, 0.1) is 5.69 Å². The molecule has 2 aromatic rings. The summed E-state index contributed by atoms with van der Waals surface area (Å²) in [5.74, 6) is -0.549. The smallest absolute Gasteiger partial charge is 0.287 e. The maximum Gasteiger partial charge on any atom is 0.287 e. The standard InChI is InChI=1S/C20H25N5O3/c1-12(2)21-20(28)18-24-17(16-9-4-5-10-25(16)18)19(27)23-15-8-6-7-14(11-15)22-13(3)26/h6-8,11-12H,4-5,9-10H2,1-3H3,(H,21,28)(H,22,26)(H,23,27). The Labute approximate surface area is 163 Å². The summed E-state index contributed by atoms with van der Waals surface area (Å²) in [5.41, 5.74) is 2.20. The van der Waals surface area contributed by atoms with Gasteiger partial charge in [0.2, 0.25) is 5.91 Å². The van der Waals surface area contributed by atoms with E-state index in [4.69, 9.17) is 0 Å². The molecular formula is C20H25N5O3. The third-order valence-corrected chi connectivity index (χ3v) is 4.40. The average Bonchev–Trinajstić information content (AvgIpc) is 3.01. The molecule has 0 aliphatic carbocycles. The zero-order valence-electron chi connectivity index (χ0n) is 16.3. The Morgan fingerprint density at radius 3 is 2.46 bits per heavy atom. The molecule has 0 atom stereocenters. The van der Waals surface area contributed by atoms with Crippen molar-refractivity contribution in [3.8, 4) is 0 Å². The van der Waals surface area contributed by atoms with Gasteiger partial charge in [0.1, 0.15) is 0 Å². The highest BCUT2D eigenvalue weighted by Crippen LogP contribution is 2.23. The first-order valence-electron chi connectivity index (χ1n) is 9.44. The van der Waals surface area contributed by atoms with E-state index in [1.54, 1.807) is 24.3 Å². The molecule has 0 saturated heterocycles. The molecule has 1 aliphatic rings. The summed E-state index contributed by atoms with van der Waals surface area (Å²) in [4.78, 5) is 41.0. The first-order valence-corrected chi connectivity index (χ1v) is 9.44. The fraction of sp³-hybridized carbons (Fsp3) is 0.400. The molecule has 0 fully saturated rings. The van der Waals surface area contributed by atoms with E-state index in [1.807, 2.05) is 18.4 Å². The number of fused-ring (bicyclic) bond motifs is 1. The van der Waals surface area contributed by atoms with Crippen molar-refractivity contribution in [2.24, 2.45) is 0 Å². The van der Waals surface area contributed by atoms with E-state index < -0.39 is 0 Å². The van der Waals surface area contributed by atoms with Gasteiger partial charge in [-0.15, -0.1) is 0 Å². The minimum absolute atomic E-state index is 0.0159. The van der Waals surface area contributed by atoms with Crippen molar-refractivity contribution in [3.05, 3.63) is 41.5 Å². The molecule has 28 heavy (non-hydrogen) atoms. The lowest BCUT2D eigenvalue weighted by Crippen LogP contribution is -2.33. The zero-order chi connectivity index (χ0) is 20.3. The molecule has 1 aromatic carbocycles. The molecule has 148 valence electrons. The van der Waals surface area contributed by atoms with Gasteiger partial charge in [-0.2, -0.15) is 0 Å². The molecule has 0 bridgehead atoms. The van der Waals surface area contributed by atoms with Crippen LogP contribution in [0.1, 0.15) is 60.4 Å². The highest BCUT2D eigenvalue weighted by Gasteiger charge is 2.27. The van der Waals surface area contributed by atoms with Gasteiger partial charge in [-0.25, -0.2) is 4.98 Å². The summed E-state index contributed by atoms with van der Waals surface area (Å²) in [7, 11) is 0. The van der Waals surface area contributed by atoms with E-state index in [-0.39, 0.29) is 35.3 Å². The molecule has 0 spiro atoms. The Balaban J connectivity index is 1.87. The number of rotatable bonds is 5. The van der Waals surface area contributed by atoms with Crippen LogP contribution in [-0.2, 0) is 17.8 Å². The van der Waals surface area contributed by atoms with Gasteiger partial charge in [0.25, 0.3) is 11.8 Å². The van der Waals surface area contributed by atoms with Gasteiger partial charge < -0.3 is 20.5 Å². The minimum Gasteiger partial charge on any atom is -0.347 e. The van der Waals surface area contributed by atoms with Gasteiger partial charge in [-0.3, -0.25) is 14.4 Å². The van der Waals surface area contributed by atoms with E-state index in [2.05, 4.69) is 20.9 Å². The molecular weight excluding hydrogens is 358 g/mol. The summed E-state index contributed by atoms with van der Waals surface area (Å²) in [6, 6.07) is 6.87. The van der Waals surface area contributed by atoms with Crippen molar-refractivity contribution < 1.29 is 14.4 Å². The van der Waals surface area contributed by atoms with Gasteiger partial charge in [-0.05, 0) is 51.3 Å².